The normalized spacial score (nSPS) is 11.0. The molecule has 2 aromatic carbocycles. The summed E-state index contributed by atoms with van der Waals surface area (Å²) >= 11 is 12.5. The van der Waals surface area contributed by atoms with Crippen molar-refractivity contribution >= 4 is 34.0 Å². The van der Waals surface area contributed by atoms with Crippen LogP contribution in [-0.2, 0) is 6.42 Å². The standard InChI is InChI=1S/C20H13Cl2N3O/c21-17-10-23-11-18(22)16(17)9-19-14-7-6-13(26)8-15(14)20(25-24-19)12-4-2-1-3-5-12/h1-8,10-11,26H,9H2. The SMILES string of the molecule is Oc1ccc2c(Cc3c(Cl)cncc3Cl)nnc(-c3ccccc3)c2c1. The Labute approximate surface area is 160 Å². The van der Waals surface area contributed by atoms with E-state index in [1.54, 1.807) is 24.5 Å². The maximum absolute atomic E-state index is 9.97. The minimum absolute atomic E-state index is 0.175. The van der Waals surface area contributed by atoms with E-state index in [2.05, 4.69) is 15.2 Å². The average Bonchev–Trinajstić information content (AvgIpc) is 2.65. The van der Waals surface area contributed by atoms with Crippen LogP contribution in [0.15, 0.2) is 60.9 Å². The van der Waals surface area contributed by atoms with Crippen LogP contribution in [-0.4, -0.2) is 20.3 Å². The van der Waals surface area contributed by atoms with Crippen molar-refractivity contribution in [2.24, 2.45) is 0 Å². The van der Waals surface area contributed by atoms with E-state index in [0.717, 1.165) is 27.6 Å². The molecule has 2 aromatic heterocycles. The highest BCUT2D eigenvalue weighted by Gasteiger charge is 2.15. The van der Waals surface area contributed by atoms with Crippen LogP contribution in [0.2, 0.25) is 10.0 Å². The number of phenolic OH excluding ortho intramolecular Hbond substituents is 1. The summed E-state index contributed by atoms with van der Waals surface area (Å²) in [7, 11) is 0. The molecular weight excluding hydrogens is 369 g/mol. The first-order valence-electron chi connectivity index (χ1n) is 7.95. The fraction of sp³-hybridized carbons (Fsp3) is 0.0500. The number of aromatic nitrogens is 3. The van der Waals surface area contributed by atoms with Crippen LogP contribution in [0.1, 0.15) is 11.3 Å². The molecule has 6 heteroatoms. The van der Waals surface area contributed by atoms with Crippen LogP contribution in [0.4, 0.5) is 0 Å². The number of fused-ring (bicyclic) bond motifs is 1. The number of rotatable bonds is 3. The minimum atomic E-state index is 0.175. The minimum Gasteiger partial charge on any atom is -0.508 e. The summed E-state index contributed by atoms with van der Waals surface area (Å²) in [6.45, 7) is 0. The topological polar surface area (TPSA) is 58.9 Å². The van der Waals surface area contributed by atoms with E-state index in [9.17, 15) is 5.11 Å². The number of aromatic hydroxyl groups is 1. The molecule has 0 saturated heterocycles. The molecule has 4 aromatic rings. The van der Waals surface area contributed by atoms with Crippen molar-refractivity contribution < 1.29 is 5.11 Å². The summed E-state index contributed by atoms with van der Waals surface area (Å²) in [4.78, 5) is 3.98. The first-order valence-corrected chi connectivity index (χ1v) is 8.70. The first kappa shape index (κ1) is 16.8. The second kappa shape index (κ2) is 6.90. The van der Waals surface area contributed by atoms with Gasteiger partial charge in [-0.3, -0.25) is 4.98 Å². The first-order chi connectivity index (χ1) is 12.6. The highest BCUT2D eigenvalue weighted by molar-refractivity contribution is 6.35. The quantitative estimate of drug-likeness (QED) is 0.523. The molecular formula is C20H13Cl2N3O. The van der Waals surface area contributed by atoms with Gasteiger partial charge in [0, 0.05) is 35.2 Å². The van der Waals surface area contributed by atoms with Crippen LogP contribution >= 0.6 is 23.2 Å². The van der Waals surface area contributed by atoms with Crippen molar-refractivity contribution in [1.29, 1.82) is 0 Å². The second-order valence-corrected chi connectivity index (χ2v) is 6.66. The third-order valence-electron chi connectivity index (χ3n) is 4.18. The Bertz CT molecular complexity index is 1080. The molecule has 0 atom stereocenters. The molecule has 0 spiro atoms. The molecule has 0 aliphatic rings. The Kier molecular flexibility index (Phi) is 4.45. The van der Waals surface area contributed by atoms with Gasteiger partial charge in [-0.25, -0.2) is 0 Å². The number of halogens is 2. The predicted octanol–water partition coefficient (Wildman–Crippen LogP) is 5.30. The predicted molar refractivity (Wildman–Crippen MR) is 104 cm³/mol. The van der Waals surface area contributed by atoms with E-state index in [1.807, 2.05) is 36.4 Å². The lowest BCUT2D eigenvalue weighted by atomic mass is 10.0. The number of phenols is 1. The largest absolute Gasteiger partial charge is 0.508 e. The zero-order valence-corrected chi connectivity index (χ0v) is 15.0. The van der Waals surface area contributed by atoms with Crippen molar-refractivity contribution in [3.8, 4) is 17.0 Å². The molecule has 0 bridgehead atoms. The lowest BCUT2D eigenvalue weighted by Gasteiger charge is -2.11. The van der Waals surface area contributed by atoms with E-state index >= 15 is 0 Å². The second-order valence-electron chi connectivity index (χ2n) is 5.85. The van der Waals surface area contributed by atoms with Crippen molar-refractivity contribution in [2.45, 2.75) is 6.42 Å². The van der Waals surface area contributed by atoms with Crippen molar-refractivity contribution in [2.75, 3.05) is 0 Å². The molecule has 1 N–H and O–H groups in total. The lowest BCUT2D eigenvalue weighted by Crippen LogP contribution is -2.00. The zero-order chi connectivity index (χ0) is 18.1. The molecule has 2 heterocycles. The summed E-state index contributed by atoms with van der Waals surface area (Å²) < 4.78 is 0. The molecule has 0 unspecified atom stereocenters. The van der Waals surface area contributed by atoms with Crippen LogP contribution in [0.3, 0.4) is 0 Å². The third-order valence-corrected chi connectivity index (χ3v) is 4.84. The molecule has 0 aliphatic carbocycles. The summed E-state index contributed by atoms with van der Waals surface area (Å²) in [6.07, 6.45) is 3.54. The molecule has 0 aliphatic heterocycles. The summed E-state index contributed by atoms with van der Waals surface area (Å²) in [5.74, 6) is 0.175. The lowest BCUT2D eigenvalue weighted by molar-refractivity contribution is 0.476. The van der Waals surface area contributed by atoms with Crippen LogP contribution < -0.4 is 0 Å². The monoisotopic (exact) mass is 381 g/mol. The van der Waals surface area contributed by atoms with E-state index in [1.165, 1.54) is 0 Å². The average molecular weight is 382 g/mol. The molecule has 26 heavy (non-hydrogen) atoms. The van der Waals surface area contributed by atoms with Gasteiger partial charge in [0.2, 0.25) is 0 Å². The number of hydrogen-bond donors (Lipinski definition) is 1. The fourth-order valence-corrected chi connectivity index (χ4v) is 3.41. The maximum atomic E-state index is 9.97. The van der Waals surface area contributed by atoms with Crippen molar-refractivity contribution in [1.82, 2.24) is 15.2 Å². The van der Waals surface area contributed by atoms with Gasteiger partial charge in [0.1, 0.15) is 11.4 Å². The molecule has 128 valence electrons. The maximum Gasteiger partial charge on any atom is 0.116 e. The molecule has 0 amide bonds. The van der Waals surface area contributed by atoms with Gasteiger partial charge in [0.15, 0.2) is 0 Å². The molecule has 0 fully saturated rings. The summed E-state index contributed by atoms with van der Waals surface area (Å²) in [6, 6.07) is 14.9. The Balaban J connectivity index is 1.90. The van der Waals surface area contributed by atoms with Crippen LogP contribution in [0, 0.1) is 0 Å². The number of hydrogen-bond acceptors (Lipinski definition) is 4. The Hall–Kier alpha value is -2.69. The number of nitrogens with zero attached hydrogens (tertiary/aromatic N) is 3. The van der Waals surface area contributed by atoms with Gasteiger partial charge in [0.25, 0.3) is 0 Å². The number of pyridine rings is 1. The number of benzene rings is 2. The van der Waals surface area contributed by atoms with E-state index in [-0.39, 0.29) is 5.75 Å². The zero-order valence-electron chi connectivity index (χ0n) is 13.5. The van der Waals surface area contributed by atoms with Crippen LogP contribution in [0.25, 0.3) is 22.0 Å². The molecule has 4 rings (SSSR count). The van der Waals surface area contributed by atoms with Crippen molar-refractivity contribution in [3.63, 3.8) is 0 Å². The van der Waals surface area contributed by atoms with Crippen LogP contribution in [0.5, 0.6) is 5.75 Å². The van der Waals surface area contributed by atoms with Gasteiger partial charge in [-0.1, -0.05) is 53.5 Å². The smallest absolute Gasteiger partial charge is 0.116 e. The van der Waals surface area contributed by atoms with Gasteiger partial charge in [-0.15, -0.1) is 5.10 Å². The van der Waals surface area contributed by atoms with Gasteiger partial charge in [-0.2, -0.15) is 5.10 Å². The van der Waals surface area contributed by atoms with Crippen molar-refractivity contribution in [3.05, 3.63) is 82.2 Å². The van der Waals surface area contributed by atoms with Gasteiger partial charge in [0.05, 0.1) is 15.7 Å². The Morgan fingerprint density at radius 3 is 2.31 bits per heavy atom. The highest BCUT2D eigenvalue weighted by atomic mass is 35.5. The summed E-state index contributed by atoms with van der Waals surface area (Å²) in [5.41, 5.74) is 3.13. The molecule has 4 nitrogen and oxygen atoms in total. The van der Waals surface area contributed by atoms with E-state index in [0.29, 0.717) is 22.2 Å². The molecule has 0 saturated carbocycles. The fourth-order valence-electron chi connectivity index (χ4n) is 2.91. The third kappa shape index (κ3) is 3.09. The highest BCUT2D eigenvalue weighted by Crippen LogP contribution is 2.33. The Morgan fingerprint density at radius 2 is 1.58 bits per heavy atom. The van der Waals surface area contributed by atoms with E-state index < -0.39 is 0 Å². The summed E-state index contributed by atoms with van der Waals surface area (Å²) in [5, 5.41) is 21.5. The molecule has 0 radical (unpaired) electrons. The van der Waals surface area contributed by atoms with E-state index in [4.69, 9.17) is 23.2 Å². The van der Waals surface area contributed by atoms with Gasteiger partial charge < -0.3 is 5.11 Å². The van der Waals surface area contributed by atoms with Gasteiger partial charge >= 0.3 is 0 Å². The van der Waals surface area contributed by atoms with Gasteiger partial charge in [-0.05, 0) is 23.8 Å². The Morgan fingerprint density at radius 1 is 0.846 bits per heavy atom.